The van der Waals surface area contributed by atoms with Gasteiger partial charge in [-0.2, -0.15) is 0 Å². The second kappa shape index (κ2) is 5.25. The molecule has 0 bridgehead atoms. The molecule has 2 heterocycles. The van der Waals surface area contributed by atoms with Gasteiger partial charge in [0.25, 0.3) is 0 Å². The Morgan fingerprint density at radius 3 is 2.90 bits per heavy atom. The van der Waals surface area contributed by atoms with Crippen LogP contribution in [0.15, 0.2) is 18.6 Å². The molecule has 1 saturated carbocycles. The van der Waals surface area contributed by atoms with Crippen molar-refractivity contribution in [3.63, 3.8) is 0 Å². The van der Waals surface area contributed by atoms with Gasteiger partial charge in [0.1, 0.15) is 23.8 Å². The van der Waals surface area contributed by atoms with Gasteiger partial charge >= 0.3 is 5.97 Å². The standard InChI is InChI=1S/C13H14ClN3O4/c1-6(18)21-9-4-8(11(19)12(9)20)17-5-16-7-2-3-15-13(14)10(7)17/h2-3,5,8-9,11-12,19-20H,4H2,1H3/t8-,9-,11-,12+/m1/s1. The third-order valence-corrected chi connectivity index (χ3v) is 3.99. The van der Waals surface area contributed by atoms with Crippen molar-refractivity contribution in [2.75, 3.05) is 0 Å². The Kier molecular flexibility index (Phi) is 3.56. The molecule has 8 heteroatoms. The van der Waals surface area contributed by atoms with Crippen LogP contribution in [-0.4, -0.2) is 49.0 Å². The summed E-state index contributed by atoms with van der Waals surface area (Å²) in [6.07, 6.45) is 0.377. The summed E-state index contributed by atoms with van der Waals surface area (Å²) >= 11 is 6.09. The molecule has 0 unspecified atom stereocenters. The van der Waals surface area contributed by atoms with Crippen LogP contribution in [0.1, 0.15) is 19.4 Å². The molecule has 0 aliphatic heterocycles. The Balaban J connectivity index is 1.98. The van der Waals surface area contributed by atoms with Gasteiger partial charge in [0.2, 0.25) is 0 Å². The van der Waals surface area contributed by atoms with Crippen molar-refractivity contribution in [2.45, 2.75) is 37.7 Å². The molecule has 2 N–H and O–H groups in total. The van der Waals surface area contributed by atoms with E-state index < -0.39 is 30.3 Å². The highest BCUT2D eigenvalue weighted by atomic mass is 35.5. The van der Waals surface area contributed by atoms with Gasteiger partial charge in [0.05, 0.1) is 17.9 Å². The summed E-state index contributed by atoms with van der Waals surface area (Å²) in [5.74, 6) is -0.498. The summed E-state index contributed by atoms with van der Waals surface area (Å²) in [6.45, 7) is 1.26. The number of nitrogens with zero attached hydrogens (tertiary/aromatic N) is 3. The van der Waals surface area contributed by atoms with Crippen molar-refractivity contribution in [3.05, 3.63) is 23.7 Å². The Morgan fingerprint density at radius 1 is 1.43 bits per heavy atom. The number of halogens is 1. The quantitative estimate of drug-likeness (QED) is 0.625. The van der Waals surface area contributed by atoms with Crippen molar-refractivity contribution in [1.29, 1.82) is 0 Å². The van der Waals surface area contributed by atoms with Gasteiger partial charge in [-0.15, -0.1) is 0 Å². The van der Waals surface area contributed by atoms with Gasteiger partial charge in [-0.05, 0) is 6.07 Å². The lowest BCUT2D eigenvalue weighted by molar-refractivity contribution is -0.152. The Labute approximate surface area is 125 Å². The van der Waals surface area contributed by atoms with Crippen molar-refractivity contribution in [3.8, 4) is 0 Å². The minimum absolute atomic E-state index is 0.266. The summed E-state index contributed by atoms with van der Waals surface area (Å²) in [7, 11) is 0. The maximum Gasteiger partial charge on any atom is 0.302 e. The van der Waals surface area contributed by atoms with Crippen molar-refractivity contribution in [1.82, 2.24) is 14.5 Å². The molecule has 0 radical (unpaired) electrons. The van der Waals surface area contributed by atoms with Crippen LogP contribution in [0, 0.1) is 0 Å². The monoisotopic (exact) mass is 311 g/mol. The Morgan fingerprint density at radius 2 is 2.19 bits per heavy atom. The highest BCUT2D eigenvalue weighted by Crippen LogP contribution is 2.36. The maximum absolute atomic E-state index is 11.0. The van der Waals surface area contributed by atoms with E-state index in [0.717, 1.165) is 0 Å². The minimum Gasteiger partial charge on any atom is -0.460 e. The number of pyridine rings is 1. The van der Waals surface area contributed by atoms with Gasteiger partial charge in [-0.25, -0.2) is 9.97 Å². The average molecular weight is 312 g/mol. The first-order valence-electron chi connectivity index (χ1n) is 6.49. The van der Waals surface area contributed by atoms with Crippen LogP contribution >= 0.6 is 11.6 Å². The van der Waals surface area contributed by atoms with E-state index in [1.807, 2.05) is 0 Å². The summed E-state index contributed by atoms with van der Waals surface area (Å²) in [5, 5.41) is 20.5. The van der Waals surface area contributed by atoms with Crippen LogP contribution in [0.2, 0.25) is 5.15 Å². The van der Waals surface area contributed by atoms with E-state index in [1.165, 1.54) is 13.3 Å². The molecule has 2 aromatic heterocycles. The number of esters is 1. The van der Waals surface area contributed by atoms with E-state index in [1.54, 1.807) is 16.8 Å². The number of aliphatic hydroxyl groups excluding tert-OH is 2. The lowest BCUT2D eigenvalue weighted by Gasteiger charge is -2.18. The average Bonchev–Trinajstić information content (AvgIpc) is 2.96. The number of ether oxygens (including phenoxy) is 1. The molecule has 4 atom stereocenters. The van der Waals surface area contributed by atoms with Crippen molar-refractivity contribution in [2.24, 2.45) is 0 Å². The molecule has 21 heavy (non-hydrogen) atoms. The van der Waals surface area contributed by atoms with Gasteiger partial charge in [-0.1, -0.05) is 11.6 Å². The molecule has 0 spiro atoms. The molecule has 1 aliphatic rings. The number of hydrogen-bond acceptors (Lipinski definition) is 6. The van der Waals surface area contributed by atoms with Crippen molar-refractivity contribution < 1.29 is 19.7 Å². The summed E-state index contributed by atoms with van der Waals surface area (Å²) < 4.78 is 6.70. The molecular formula is C13H14ClN3O4. The zero-order valence-corrected chi connectivity index (χ0v) is 11.9. The molecule has 0 aromatic carbocycles. The second-order valence-electron chi connectivity index (χ2n) is 5.05. The molecule has 2 aromatic rings. The maximum atomic E-state index is 11.0. The van der Waals surface area contributed by atoms with Crippen LogP contribution in [0.25, 0.3) is 11.0 Å². The summed E-state index contributed by atoms with van der Waals surface area (Å²) in [6, 6.07) is 1.22. The minimum atomic E-state index is -1.15. The second-order valence-corrected chi connectivity index (χ2v) is 5.41. The van der Waals surface area contributed by atoms with Crippen LogP contribution in [-0.2, 0) is 9.53 Å². The number of imidazole rings is 1. The number of carbonyl (C=O) groups is 1. The SMILES string of the molecule is CC(=O)O[C@@H]1C[C@@H](n2cnc3ccnc(Cl)c32)[C@@H](O)[C@H]1O. The van der Waals surface area contributed by atoms with Crippen molar-refractivity contribution >= 4 is 28.6 Å². The van der Waals surface area contributed by atoms with Crippen LogP contribution in [0.4, 0.5) is 0 Å². The number of carbonyl (C=O) groups excluding carboxylic acids is 1. The highest BCUT2D eigenvalue weighted by molar-refractivity contribution is 6.33. The molecular weight excluding hydrogens is 298 g/mol. The Hall–Kier alpha value is -1.70. The first kappa shape index (κ1) is 14.2. The van der Waals surface area contributed by atoms with E-state index >= 15 is 0 Å². The molecule has 0 amide bonds. The predicted octanol–water partition coefficient (Wildman–Crippen LogP) is 0.683. The fourth-order valence-electron chi connectivity index (χ4n) is 2.77. The number of rotatable bonds is 2. The topological polar surface area (TPSA) is 97.5 Å². The van der Waals surface area contributed by atoms with E-state index in [4.69, 9.17) is 16.3 Å². The van der Waals surface area contributed by atoms with Gasteiger partial charge in [0, 0.05) is 19.5 Å². The predicted molar refractivity (Wildman–Crippen MR) is 73.8 cm³/mol. The normalized spacial score (nSPS) is 29.0. The highest BCUT2D eigenvalue weighted by Gasteiger charge is 2.44. The van der Waals surface area contributed by atoms with Crippen LogP contribution < -0.4 is 0 Å². The van der Waals surface area contributed by atoms with E-state index in [2.05, 4.69) is 9.97 Å². The molecule has 1 aliphatic carbocycles. The fourth-order valence-corrected chi connectivity index (χ4v) is 3.02. The van der Waals surface area contributed by atoms with Crippen LogP contribution in [0.5, 0.6) is 0 Å². The lowest BCUT2D eigenvalue weighted by atomic mass is 10.2. The van der Waals surface area contributed by atoms with E-state index in [9.17, 15) is 15.0 Å². The first-order valence-corrected chi connectivity index (χ1v) is 6.87. The van der Waals surface area contributed by atoms with E-state index in [-0.39, 0.29) is 11.6 Å². The van der Waals surface area contributed by atoms with E-state index in [0.29, 0.717) is 11.0 Å². The van der Waals surface area contributed by atoms with Gasteiger partial charge < -0.3 is 19.5 Å². The van der Waals surface area contributed by atoms with Gasteiger partial charge in [-0.3, -0.25) is 4.79 Å². The zero-order valence-electron chi connectivity index (χ0n) is 11.2. The third-order valence-electron chi connectivity index (χ3n) is 3.71. The molecule has 3 rings (SSSR count). The molecule has 1 fully saturated rings. The zero-order chi connectivity index (χ0) is 15.1. The largest absolute Gasteiger partial charge is 0.460 e. The first-order chi connectivity index (χ1) is 9.99. The lowest BCUT2D eigenvalue weighted by Crippen LogP contribution is -2.33. The summed E-state index contributed by atoms with van der Waals surface area (Å²) in [4.78, 5) is 19.3. The number of aromatic nitrogens is 3. The molecule has 112 valence electrons. The number of aliphatic hydroxyl groups is 2. The smallest absolute Gasteiger partial charge is 0.302 e. The number of fused-ring (bicyclic) bond motifs is 1. The number of hydrogen-bond donors (Lipinski definition) is 2. The Bertz CT molecular complexity index is 689. The summed E-state index contributed by atoms with van der Waals surface area (Å²) in [5.41, 5.74) is 1.23. The fraction of sp³-hybridized carbons (Fsp3) is 0.462. The third kappa shape index (κ3) is 2.37. The molecule has 0 saturated heterocycles. The van der Waals surface area contributed by atoms with Crippen LogP contribution in [0.3, 0.4) is 0 Å². The van der Waals surface area contributed by atoms with Gasteiger partial charge in [0.15, 0.2) is 5.15 Å². The molecule has 7 nitrogen and oxygen atoms in total.